The van der Waals surface area contributed by atoms with Crippen LogP contribution >= 0.6 is 0 Å². The maximum absolute atomic E-state index is 12.0. The van der Waals surface area contributed by atoms with E-state index < -0.39 is 0 Å². The molecule has 4 nitrogen and oxygen atoms in total. The highest BCUT2D eigenvalue weighted by molar-refractivity contribution is 6.06. The summed E-state index contributed by atoms with van der Waals surface area (Å²) in [7, 11) is 0. The van der Waals surface area contributed by atoms with E-state index in [1.165, 1.54) is 25.7 Å². The Hall–Kier alpha value is -1.71. The monoisotopic (exact) mass is 257 g/mol. The van der Waals surface area contributed by atoms with Gasteiger partial charge in [0.1, 0.15) is 0 Å². The van der Waals surface area contributed by atoms with Crippen LogP contribution in [0.25, 0.3) is 0 Å². The molecular formula is C15H19N3O. The first-order chi connectivity index (χ1) is 9.33. The van der Waals surface area contributed by atoms with Crippen LogP contribution in [0.5, 0.6) is 0 Å². The topological polar surface area (TPSA) is 45.6 Å². The molecule has 1 aromatic rings. The third-order valence-corrected chi connectivity index (χ3v) is 4.00. The number of pyridine rings is 1. The Bertz CT molecular complexity index is 477. The van der Waals surface area contributed by atoms with E-state index in [2.05, 4.69) is 10.1 Å². The number of hydrazone groups is 1. The quantitative estimate of drug-likeness (QED) is 0.831. The number of rotatable bonds is 4. The minimum Gasteiger partial charge on any atom is -0.273 e. The number of nitrogens with zero attached hydrogens (tertiary/aromatic N) is 3. The summed E-state index contributed by atoms with van der Waals surface area (Å²) in [5, 5.41) is 6.18. The summed E-state index contributed by atoms with van der Waals surface area (Å²) >= 11 is 0. The molecule has 0 aromatic carbocycles. The Morgan fingerprint density at radius 3 is 2.84 bits per heavy atom. The number of amides is 1. The average molecular weight is 257 g/mol. The van der Waals surface area contributed by atoms with Crippen molar-refractivity contribution < 1.29 is 4.79 Å². The number of carbonyl (C=O) groups excluding carboxylic acids is 1. The van der Waals surface area contributed by atoms with Crippen molar-refractivity contribution in [3.8, 4) is 0 Å². The van der Waals surface area contributed by atoms with Crippen molar-refractivity contribution >= 4 is 11.6 Å². The van der Waals surface area contributed by atoms with Crippen molar-refractivity contribution in [3.05, 3.63) is 30.1 Å². The van der Waals surface area contributed by atoms with E-state index >= 15 is 0 Å². The van der Waals surface area contributed by atoms with Crippen LogP contribution in [0.4, 0.5) is 0 Å². The molecule has 1 amide bonds. The number of carbonyl (C=O) groups is 1. The van der Waals surface area contributed by atoms with Gasteiger partial charge in [0.2, 0.25) is 5.91 Å². The fraction of sp³-hybridized carbons (Fsp3) is 0.533. The Labute approximate surface area is 113 Å². The van der Waals surface area contributed by atoms with Gasteiger partial charge < -0.3 is 0 Å². The fourth-order valence-electron chi connectivity index (χ4n) is 2.92. The normalized spacial score (nSPS) is 20.1. The molecule has 100 valence electrons. The second kappa shape index (κ2) is 5.51. The molecule has 4 heteroatoms. The molecule has 1 fully saturated rings. The van der Waals surface area contributed by atoms with E-state index in [0.717, 1.165) is 17.8 Å². The highest BCUT2D eigenvalue weighted by Crippen LogP contribution is 2.29. The van der Waals surface area contributed by atoms with E-state index in [0.29, 0.717) is 18.9 Å². The summed E-state index contributed by atoms with van der Waals surface area (Å²) in [6.45, 7) is 0.645. The van der Waals surface area contributed by atoms with Crippen LogP contribution in [-0.2, 0) is 11.2 Å². The Kier molecular flexibility index (Phi) is 3.58. The van der Waals surface area contributed by atoms with Gasteiger partial charge in [0, 0.05) is 18.3 Å². The summed E-state index contributed by atoms with van der Waals surface area (Å²) in [6, 6.07) is 5.87. The van der Waals surface area contributed by atoms with Gasteiger partial charge in [-0.3, -0.25) is 9.78 Å². The highest BCUT2D eigenvalue weighted by atomic mass is 16.2. The number of hydrogen-bond donors (Lipinski definition) is 0. The molecule has 1 saturated carbocycles. The largest absolute Gasteiger partial charge is 0.273 e. The van der Waals surface area contributed by atoms with Crippen molar-refractivity contribution in [2.45, 2.75) is 38.5 Å². The minimum absolute atomic E-state index is 0.151. The van der Waals surface area contributed by atoms with Crippen molar-refractivity contribution in [1.29, 1.82) is 0 Å². The maximum Gasteiger partial charge on any atom is 0.248 e. The predicted octanol–water partition coefficient (Wildman–Crippen LogP) is 2.40. The van der Waals surface area contributed by atoms with Crippen molar-refractivity contribution in [3.63, 3.8) is 0 Å². The zero-order chi connectivity index (χ0) is 13.1. The minimum atomic E-state index is 0.151. The van der Waals surface area contributed by atoms with Crippen molar-refractivity contribution in [2.24, 2.45) is 11.0 Å². The van der Waals surface area contributed by atoms with E-state index in [4.69, 9.17) is 0 Å². The van der Waals surface area contributed by atoms with Crippen molar-refractivity contribution in [2.75, 3.05) is 6.54 Å². The molecule has 0 N–H and O–H groups in total. The molecule has 2 heterocycles. The Balaban J connectivity index is 1.60. The zero-order valence-electron chi connectivity index (χ0n) is 11.1. The third-order valence-electron chi connectivity index (χ3n) is 4.00. The zero-order valence-corrected chi connectivity index (χ0v) is 11.1. The van der Waals surface area contributed by atoms with Gasteiger partial charge >= 0.3 is 0 Å². The summed E-state index contributed by atoms with van der Waals surface area (Å²) in [5.74, 6) is 0.710. The van der Waals surface area contributed by atoms with Gasteiger partial charge in [-0.05, 0) is 30.9 Å². The standard InChI is InChI=1S/C15H19N3O/c19-15-11-14(12-5-1-2-6-12)17-18(15)10-8-13-7-3-4-9-16-13/h3-4,7,9,12H,1-2,5-6,8,10-11H2. The van der Waals surface area contributed by atoms with Crippen LogP contribution in [0.1, 0.15) is 37.8 Å². The lowest BCUT2D eigenvalue weighted by Gasteiger charge is -2.11. The molecule has 1 aliphatic carbocycles. The number of aromatic nitrogens is 1. The van der Waals surface area contributed by atoms with Gasteiger partial charge in [0.25, 0.3) is 0 Å². The first kappa shape index (κ1) is 12.3. The molecule has 1 aliphatic heterocycles. The molecule has 0 unspecified atom stereocenters. The van der Waals surface area contributed by atoms with E-state index in [1.54, 1.807) is 11.2 Å². The van der Waals surface area contributed by atoms with Crippen LogP contribution in [-0.4, -0.2) is 28.2 Å². The van der Waals surface area contributed by atoms with Gasteiger partial charge in [-0.15, -0.1) is 0 Å². The highest BCUT2D eigenvalue weighted by Gasteiger charge is 2.30. The first-order valence-corrected chi connectivity index (χ1v) is 7.10. The van der Waals surface area contributed by atoms with Crippen LogP contribution in [0, 0.1) is 5.92 Å². The van der Waals surface area contributed by atoms with E-state index in [-0.39, 0.29) is 5.91 Å². The van der Waals surface area contributed by atoms with Gasteiger partial charge in [0.05, 0.1) is 18.7 Å². The van der Waals surface area contributed by atoms with Crippen molar-refractivity contribution in [1.82, 2.24) is 9.99 Å². The maximum atomic E-state index is 12.0. The third kappa shape index (κ3) is 2.83. The molecule has 0 bridgehead atoms. The molecule has 0 radical (unpaired) electrons. The van der Waals surface area contributed by atoms with Crippen LogP contribution < -0.4 is 0 Å². The smallest absolute Gasteiger partial charge is 0.248 e. The second-order valence-corrected chi connectivity index (χ2v) is 5.34. The SMILES string of the molecule is O=C1CC(C2CCCC2)=NN1CCc1ccccn1. The van der Waals surface area contributed by atoms with Gasteiger partial charge in [-0.2, -0.15) is 5.10 Å². The molecule has 2 aliphatic rings. The fourth-order valence-corrected chi connectivity index (χ4v) is 2.92. The molecule has 19 heavy (non-hydrogen) atoms. The molecule has 0 spiro atoms. The van der Waals surface area contributed by atoms with Crippen LogP contribution in [0.3, 0.4) is 0 Å². The summed E-state index contributed by atoms with van der Waals surface area (Å²) < 4.78 is 0. The molecule has 0 atom stereocenters. The Morgan fingerprint density at radius 1 is 1.26 bits per heavy atom. The van der Waals surface area contributed by atoms with Gasteiger partial charge in [-0.25, -0.2) is 5.01 Å². The average Bonchev–Trinajstić information content (AvgIpc) is 3.07. The molecule has 3 rings (SSSR count). The lowest BCUT2D eigenvalue weighted by atomic mass is 10.00. The molecular weight excluding hydrogens is 238 g/mol. The Morgan fingerprint density at radius 2 is 2.11 bits per heavy atom. The first-order valence-electron chi connectivity index (χ1n) is 7.10. The number of hydrogen-bond acceptors (Lipinski definition) is 3. The van der Waals surface area contributed by atoms with Crippen LogP contribution in [0.2, 0.25) is 0 Å². The second-order valence-electron chi connectivity index (χ2n) is 5.34. The summed E-state index contributed by atoms with van der Waals surface area (Å²) in [4.78, 5) is 16.2. The summed E-state index contributed by atoms with van der Waals surface area (Å²) in [6.07, 6.45) is 8.08. The summed E-state index contributed by atoms with van der Waals surface area (Å²) in [5.41, 5.74) is 2.13. The predicted molar refractivity (Wildman–Crippen MR) is 73.7 cm³/mol. The van der Waals surface area contributed by atoms with Gasteiger partial charge in [0.15, 0.2) is 0 Å². The lowest BCUT2D eigenvalue weighted by molar-refractivity contribution is -0.128. The van der Waals surface area contributed by atoms with E-state index in [1.807, 2.05) is 18.2 Å². The molecule has 1 aromatic heterocycles. The van der Waals surface area contributed by atoms with E-state index in [9.17, 15) is 4.79 Å². The van der Waals surface area contributed by atoms with Gasteiger partial charge in [-0.1, -0.05) is 18.9 Å². The van der Waals surface area contributed by atoms with Crippen LogP contribution in [0.15, 0.2) is 29.5 Å². The molecule has 0 saturated heterocycles. The lowest BCUT2D eigenvalue weighted by Crippen LogP contribution is -2.23.